The lowest BCUT2D eigenvalue weighted by molar-refractivity contribution is 0.296. The third-order valence-corrected chi connectivity index (χ3v) is 2.98. The fourth-order valence-corrected chi connectivity index (χ4v) is 1.89. The summed E-state index contributed by atoms with van der Waals surface area (Å²) in [5.74, 6) is 0.381. The molecule has 0 bridgehead atoms. The van der Waals surface area contributed by atoms with Crippen LogP contribution < -0.4 is 10.5 Å². The number of ether oxygens (including phenoxy) is 1. The summed E-state index contributed by atoms with van der Waals surface area (Å²) in [4.78, 5) is 8.26. The number of oxime groups is 1. The molecule has 0 aliphatic heterocycles. The minimum atomic E-state index is -0.00775. The Morgan fingerprint density at radius 1 is 1.29 bits per heavy atom. The summed E-state index contributed by atoms with van der Waals surface area (Å²) in [6.45, 7) is 2.37. The van der Waals surface area contributed by atoms with E-state index >= 15 is 0 Å². The molecule has 0 fully saturated rings. The van der Waals surface area contributed by atoms with Crippen LogP contribution in [-0.2, 0) is 6.42 Å². The Labute approximate surface area is 123 Å². The Balaban J connectivity index is 1.95. The molecule has 0 saturated carbocycles. The molecule has 6 nitrogen and oxygen atoms in total. The molecular formula is C15H18N4O2. The lowest BCUT2D eigenvalue weighted by Gasteiger charge is -2.10. The minimum absolute atomic E-state index is 0.00775. The second-order valence-corrected chi connectivity index (χ2v) is 4.60. The van der Waals surface area contributed by atoms with E-state index in [0.29, 0.717) is 18.1 Å². The maximum absolute atomic E-state index is 8.78. The van der Waals surface area contributed by atoms with Gasteiger partial charge in [-0.15, -0.1) is 0 Å². The first-order valence-electron chi connectivity index (χ1n) is 6.68. The molecule has 21 heavy (non-hydrogen) atoms. The first-order valence-corrected chi connectivity index (χ1v) is 6.68. The normalized spacial score (nSPS) is 11.4. The van der Waals surface area contributed by atoms with E-state index in [1.54, 1.807) is 24.5 Å². The van der Waals surface area contributed by atoms with Gasteiger partial charge in [-0.1, -0.05) is 5.16 Å². The monoisotopic (exact) mass is 286 g/mol. The highest BCUT2D eigenvalue weighted by Gasteiger charge is 2.10. The molecule has 6 heteroatoms. The van der Waals surface area contributed by atoms with Crippen LogP contribution in [0.3, 0.4) is 0 Å². The lowest BCUT2D eigenvalue weighted by Crippen LogP contribution is -2.16. The highest BCUT2D eigenvalue weighted by molar-refractivity contribution is 5.99. The third kappa shape index (κ3) is 4.17. The topological polar surface area (TPSA) is 93.6 Å². The lowest BCUT2D eigenvalue weighted by atomic mass is 10.1. The Bertz CT molecular complexity index is 614. The molecule has 110 valence electrons. The van der Waals surface area contributed by atoms with Gasteiger partial charge < -0.3 is 15.7 Å². The Morgan fingerprint density at radius 2 is 2.05 bits per heavy atom. The maximum atomic E-state index is 8.78. The zero-order valence-corrected chi connectivity index (χ0v) is 11.9. The molecule has 0 saturated heterocycles. The van der Waals surface area contributed by atoms with Gasteiger partial charge in [-0.05, 0) is 49.6 Å². The van der Waals surface area contributed by atoms with Gasteiger partial charge >= 0.3 is 0 Å². The quantitative estimate of drug-likeness (QED) is 0.278. The summed E-state index contributed by atoms with van der Waals surface area (Å²) >= 11 is 0. The van der Waals surface area contributed by atoms with Crippen LogP contribution in [0.25, 0.3) is 0 Å². The zero-order valence-electron chi connectivity index (χ0n) is 11.9. The van der Waals surface area contributed by atoms with Crippen LogP contribution in [0.1, 0.15) is 23.2 Å². The van der Waals surface area contributed by atoms with Gasteiger partial charge in [0.25, 0.3) is 0 Å². The molecule has 2 aromatic heterocycles. The SMILES string of the molecule is Cc1ccc(C(N)=NO)c(OCCCc2ccncc2)n1. The average Bonchev–Trinajstić information content (AvgIpc) is 2.52. The van der Waals surface area contributed by atoms with Crippen molar-refractivity contribution in [2.45, 2.75) is 19.8 Å². The average molecular weight is 286 g/mol. The second-order valence-electron chi connectivity index (χ2n) is 4.60. The van der Waals surface area contributed by atoms with E-state index in [1.807, 2.05) is 19.1 Å². The van der Waals surface area contributed by atoms with Crippen molar-refractivity contribution in [3.8, 4) is 5.88 Å². The number of amidine groups is 1. The van der Waals surface area contributed by atoms with E-state index < -0.39 is 0 Å². The number of hydrogen-bond donors (Lipinski definition) is 2. The predicted molar refractivity (Wildman–Crippen MR) is 79.5 cm³/mol. The van der Waals surface area contributed by atoms with Crippen LogP contribution in [0.2, 0.25) is 0 Å². The second kappa shape index (κ2) is 7.23. The molecule has 0 aromatic carbocycles. The van der Waals surface area contributed by atoms with Crippen molar-refractivity contribution in [3.05, 3.63) is 53.5 Å². The summed E-state index contributed by atoms with van der Waals surface area (Å²) in [5, 5.41) is 11.8. The number of nitrogens with zero attached hydrogens (tertiary/aromatic N) is 3. The van der Waals surface area contributed by atoms with Crippen LogP contribution in [-0.4, -0.2) is 27.6 Å². The Hall–Kier alpha value is -2.63. The highest BCUT2D eigenvalue weighted by atomic mass is 16.5. The fourth-order valence-electron chi connectivity index (χ4n) is 1.89. The summed E-state index contributed by atoms with van der Waals surface area (Å²) in [7, 11) is 0. The standard InChI is InChI=1S/C15H18N4O2/c1-11-4-5-13(14(16)19-20)15(18-11)21-10-2-3-12-6-8-17-9-7-12/h4-9,20H,2-3,10H2,1H3,(H2,16,19). The van der Waals surface area contributed by atoms with Crippen LogP contribution in [0.15, 0.2) is 41.8 Å². The van der Waals surface area contributed by atoms with Crippen LogP contribution in [0.4, 0.5) is 0 Å². The minimum Gasteiger partial charge on any atom is -0.477 e. The number of nitrogens with two attached hydrogens (primary N) is 1. The zero-order chi connectivity index (χ0) is 15.1. The first kappa shape index (κ1) is 14.8. The molecule has 3 N–H and O–H groups in total. The molecule has 0 atom stereocenters. The number of rotatable bonds is 6. The van der Waals surface area contributed by atoms with Crippen LogP contribution >= 0.6 is 0 Å². The molecule has 0 spiro atoms. The van der Waals surface area contributed by atoms with Crippen molar-refractivity contribution in [2.75, 3.05) is 6.61 Å². The molecule has 0 aliphatic rings. The molecule has 2 heterocycles. The molecule has 0 unspecified atom stereocenters. The molecule has 2 aromatic rings. The molecular weight excluding hydrogens is 268 g/mol. The van der Waals surface area contributed by atoms with E-state index in [0.717, 1.165) is 18.5 Å². The molecule has 2 rings (SSSR count). The van der Waals surface area contributed by atoms with Gasteiger partial charge in [0.05, 0.1) is 12.2 Å². The third-order valence-electron chi connectivity index (χ3n) is 2.98. The largest absolute Gasteiger partial charge is 0.477 e. The van der Waals surface area contributed by atoms with Crippen molar-refractivity contribution in [1.29, 1.82) is 0 Å². The van der Waals surface area contributed by atoms with Crippen molar-refractivity contribution in [1.82, 2.24) is 9.97 Å². The smallest absolute Gasteiger partial charge is 0.224 e. The van der Waals surface area contributed by atoms with E-state index in [2.05, 4.69) is 15.1 Å². The first-order chi connectivity index (χ1) is 10.2. The van der Waals surface area contributed by atoms with Crippen molar-refractivity contribution >= 4 is 5.84 Å². The van der Waals surface area contributed by atoms with Crippen LogP contribution in [0, 0.1) is 6.92 Å². The molecule has 0 aliphatic carbocycles. The van der Waals surface area contributed by atoms with E-state index in [4.69, 9.17) is 15.7 Å². The molecule has 0 amide bonds. The summed E-state index contributed by atoms with van der Waals surface area (Å²) in [5.41, 5.74) is 8.13. The number of hydrogen-bond acceptors (Lipinski definition) is 5. The fraction of sp³-hybridized carbons (Fsp3) is 0.267. The Kier molecular flexibility index (Phi) is 5.09. The highest BCUT2D eigenvalue weighted by Crippen LogP contribution is 2.16. The number of aromatic nitrogens is 2. The molecule has 0 radical (unpaired) electrons. The van der Waals surface area contributed by atoms with Crippen molar-refractivity contribution in [2.24, 2.45) is 10.9 Å². The summed E-state index contributed by atoms with van der Waals surface area (Å²) in [6, 6.07) is 7.48. The van der Waals surface area contributed by atoms with Gasteiger partial charge in [-0.2, -0.15) is 0 Å². The van der Waals surface area contributed by atoms with Gasteiger partial charge in [0.2, 0.25) is 5.88 Å². The van der Waals surface area contributed by atoms with Gasteiger partial charge in [-0.3, -0.25) is 4.98 Å². The van der Waals surface area contributed by atoms with Crippen molar-refractivity contribution in [3.63, 3.8) is 0 Å². The maximum Gasteiger partial charge on any atom is 0.224 e. The number of aryl methyl sites for hydroxylation is 2. The van der Waals surface area contributed by atoms with Gasteiger partial charge in [-0.25, -0.2) is 4.98 Å². The van der Waals surface area contributed by atoms with E-state index in [-0.39, 0.29) is 5.84 Å². The number of pyridine rings is 2. The predicted octanol–water partition coefficient (Wildman–Crippen LogP) is 1.89. The van der Waals surface area contributed by atoms with Gasteiger partial charge in [0.1, 0.15) is 0 Å². The Morgan fingerprint density at radius 3 is 2.76 bits per heavy atom. The van der Waals surface area contributed by atoms with E-state index in [1.165, 1.54) is 5.56 Å². The van der Waals surface area contributed by atoms with Crippen LogP contribution in [0.5, 0.6) is 5.88 Å². The van der Waals surface area contributed by atoms with Gasteiger partial charge in [0, 0.05) is 18.1 Å². The van der Waals surface area contributed by atoms with Crippen molar-refractivity contribution < 1.29 is 9.94 Å². The summed E-state index contributed by atoms with van der Waals surface area (Å²) < 4.78 is 5.66. The summed E-state index contributed by atoms with van der Waals surface area (Å²) in [6.07, 6.45) is 5.28. The van der Waals surface area contributed by atoms with Gasteiger partial charge in [0.15, 0.2) is 5.84 Å². The van der Waals surface area contributed by atoms with E-state index in [9.17, 15) is 0 Å².